The second-order valence-corrected chi connectivity index (χ2v) is 11.2. The quantitative estimate of drug-likeness (QED) is 0.600. The maximum Gasteiger partial charge on any atom is 0.128 e. The predicted octanol–water partition coefficient (Wildman–Crippen LogP) is 5.71. The van der Waals surface area contributed by atoms with Gasteiger partial charge >= 0.3 is 0 Å². The zero-order valence-corrected chi connectivity index (χ0v) is 20.7. The molecular formula is C30H40N2O2. The van der Waals surface area contributed by atoms with Crippen molar-refractivity contribution >= 4 is 0 Å². The number of rotatable bonds is 5. The Bertz CT molecular complexity index is 979. The molecule has 2 aromatic rings. The molecule has 0 atom stereocenters. The van der Waals surface area contributed by atoms with E-state index in [1.807, 2.05) is 0 Å². The lowest BCUT2D eigenvalue weighted by Gasteiger charge is -2.29. The van der Waals surface area contributed by atoms with E-state index in [2.05, 4.69) is 21.9 Å². The van der Waals surface area contributed by atoms with Crippen LogP contribution in [0.4, 0.5) is 0 Å². The number of phenols is 2. The molecule has 6 rings (SSSR count). The van der Waals surface area contributed by atoms with Crippen molar-refractivity contribution in [2.24, 2.45) is 0 Å². The summed E-state index contributed by atoms with van der Waals surface area (Å²) >= 11 is 0. The maximum atomic E-state index is 11.8. The van der Waals surface area contributed by atoms with Crippen LogP contribution >= 0.6 is 0 Å². The SMILES string of the molecule is Oc1c(CN2CCCC2)cc2c(c1-c1c(O)c(CN3CCCC3)cc3c1CCCC3)CCCC2. The van der Waals surface area contributed by atoms with Gasteiger partial charge in [0.25, 0.3) is 0 Å². The summed E-state index contributed by atoms with van der Waals surface area (Å²) in [4.78, 5) is 4.96. The fraction of sp³-hybridized carbons (Fsp3) is 0.600. The van der Waals surface area contributed by atoms with E-state index in [0.29, 0.717) is 11.5 Å². The lowest BCUT2D eigenvalue weighted by Crippen LogP contribution is -2.20. The second kappa shape index (κ2) is 9.54. The van der Waals surface area contributed by atoms with E-state index in [-0.39, 0.29) is 0 Å². The van der Waals surface area contributed by atoms with Crippen molar-refractivity contribution in [1.82, 2.24) is 9.80 Å². The van der Waals surface area contributed by atoms with Crippen LogP contribution in [0, 0.1) is 0 Å². The highest BCUT2D eigenvalue weighted by Crippen LogP contribution is 2.49. The molecule has 2 N–H and O–H groups in total. The first-order chi connectivity index (χ1) is 16.7. The Kier molecular flexibility index (Phi) is 6.30. The van der Waals surface area contributed by atoms with E-state index in [0.717, 1.165) is 87.2 Å². The summed E-state index contributed by atoms with van der Waals surface area (Å²) in [6.45, 7) is 6.14. The molecular weight excluding hydrogens is 420 g/mol. The van der Waals surface area contributed by atoms with Crippen molar-refractivity contribution in [3.63, 3.8) is 0 Å². The topological polar surface area (TPSA) is 46.9 Å². The van der Waals surface area contributed by atoms with Crippen LogP contribution in [0.5, 0.6) is 11.5 Å². The van der Waals surface area contributed by atoms with Crippen LogP contribution in [0.3, 0.4) is 0 Å². The van der Waals surface area contributed by atoms with Crippen molar-refractivity contribution in [1.29, 1.82) is 0 Å². The lowest BCUT2D eigenvalue weighted by molar-refractivity contribution is 0.323. The summed E-state index contributed by atoms with van der Waals surface area (Å²) in [5, 5.41) is 23.6. The lowest BCUT2D eigenvalue weighted by atomic mass is 9.78. The summed E-state index contributed by atoms with van der Waals surface area (Å²) in [5.74, 6) is 0.878. The van der Waals surface area contributed by atoms with E-state index in [1.165, 1.54) is 73.6 Å². The fourth-order valence-electron chi connectivity index (χ4n) is 7.05. The average Bonchev–Trinajstić information content (AvgIpc) is 3.56. The summed E-state index contributed by atoms with van der Waals surface area (Å²) in [5.41, 5.74) is 9.49. The molecule has 34 heavy (non-hydrogen) atoms. The molecule has 0 aromatic heterocycles. The second-order valence-electron chi connectivity index (χ2n) is 11.2. The maximum absolute atomic E-state index is 11.8. The van der Waals surface area contributed by atoms with Gasteiger partial charge < -0.3 is 10.2 Å². The predicted molar refractivity (Wildman–Crippen MR) is 138 cm³/mol. The van der Waals surface area contributed by atoms with Crippen molar-refractivity contribution in [2.75, 3.05) is 26.2 Å². The van der Waals surface area contributed by atoms with Crippen LogP contribution in [0.2, 0.25) is 0 Å². The van der Waals surface area contributed by atoms with Gasteiger partial charge in [-0.25, -0.2) is 0 Å². The van der Waals surface area contributed by atoms with Crippen molar-refractivity contribution in [3.8, 4) is 22.6 Å². The zero-order valence-electron chi connectivity index (χ0n) is 20.7. The molecule has 0 spiro atoms. The Labute approximate surface area is 204 Å². The molecule has 0 bridgehead atoms. The number of likely N-dealkylation sites (tertiary alicyclic amines) is 2. The summed E-state index contributed by atoms with van der Waals surface area (Å²) < 4.78 is 0. The largest absolute Gasteiger partial charge is 0.507 e. The van der Waals surface area contributed by atoms with Crippen LogP contribution in [0.1, 0.15) is 84.7 Å². The number of hydrogen-bond acceptors (Lipinski definition) is 4. The van der Waals surface area contributed by atoms with Crippen LogP contribution in [0.25, 0.3) is 11.1 Å². The van der Waals surface area contributed by atoms with Gasteiger partial charge in [0.2, 0.25) is 0 Å². The number of hydrogen-bond donors (Lipinski definition) is 2. The summed E-state index contributed by atoms with van der Waals surface area (Å²) in [6.07, 6.45) is 14.0. The Balaban J connectivity index is 1.52. The van der Waals surface area contributed by atoms with Gasteiger partial charge in [0.15, 0.2) is 0 Å². The van der Waals surface area contributed by atoms with Gasteiger partial charge in [0.1, 0.15) is 11.5 Å². The van der Waals surface area contributed by atoms with Crippen molar-refractivity contribution < 1.29 is 10.2 Å². The van der Waals surface area contributed by atoms with Gasteiger partial charge in [-0.1, -0.05) is 12.1 Å². The van der Waals surface area contributed by atoms with Crippen LogP contribution < -0.4 is 0 Å². The first-order valence-electron chi connectivity index (χ1n) is 13.9. The Morgan fingerprint density at radius 3 is 1.32 bits per heavy atom. The number of phenolic OH excluding ortho intramolecular Hbond substituents is 2. The van der Waals surface area contributed by atoms with Crippen molar-refractivity contribution in [2.45, 2.75) is 90.1 Å². The molecule has 2 heterocycles. The molecule has 2 aliphatic heterocycles. The monoisotopic (exact) mass is 460 g/mol. The highest BCUT2D eigenvalue weighted by Gasteiger charge is 2.29. The number of aromatic hydroxyl groups is 2. The van der Waals surface area contributed by atoms with E-state index < -0.39 is 0 Å². The van der Waals surface area contributed by atoms with Gasteiger partial charge in [-0.3, -0.25) is 9.80 Å². The fourth-order valence-corrected chi connectivity index (χ4v) is 7.05. The van der Waals surface area contributed by atoms with Crippen LogP contribution in [0.15, 0.2) is 12.1 Å². The molecule has 2 saturated heterocycles. The van der Waals surface area contributed by atoms with Gasteiger partial charge in [-0.05, 0) is 125 Å². The Hall–Kier alpha value is -2.04. The number of nitrogens with zero attached hydrogens (tertiary/aromatic N) is 2. The van der Waals surface area contributed by atoms with E-state index in [1.54, 1.807) is 0 Å². The van der Waals surface area contributed by atoms with Gasteiger partial charge in [-0.15, -0.1) is 0 Å². The minimum absolute atomic E-state index is 0.439. The summed E-state index contributed by atoms with van der Waals surface area (Å²) in [6, 6.07) is 4.59. The van der Waals surface area contributed by atoms with E-state index >= 15 is 0 Å². The molecule has 2 fully saturated rings. The third-order valence-electron chi connectivity index (χ3n) is 8.84. The van der Waals surface area contributed by atoms with Crippen LogP contribution in [-0.2, 0) is 38.8 Å². The third kappa shape index (κ3) is 4.13. The molecule has 2 aliphatic carbocycles. The molecule has 0 unspecified atom stereocenters. The van der Waals surface area contributed by atoms with Gasteiger partial charge in [0.05, 0.1) is 0 Å². The molecule has 0 amide bonds. The Morgan fingerprint density at radius 1 is 0.529 bits per heavy atom. The average molecular weight is 461 g/mol. The molecule has 0 saturated carbocycles. The molecule has 4 nitrogen and oxygen atoms in total. The highest BCUT2D eigenvalue weighted by molar-refractivity contribution is 5.85. The molecule has 4 aliphatic rings. The standard InChI is InChI=1S/C30H40N2O2/c33-29-23(19-31-13-5-6-14-31)17-21-9-1-3-11-25(21)27(29)28-26-12-4-2-10-22(26)18-24(30(28)34)20-32-15-7-8-16-32/h17-18,33-34H,1-16,19-20H2. The third-order valence-corrected chi connectivity index (χ3v) is 8.84. The molecule has 4 heteroatoms. The van der Waals surface area contributed by atoms with Crippen LogP contribution in [-0.4, -0.2) is 46.2 Å². The number of benzene rings is 2. The first kappa shape index (κ1) is 22.4. The van der Waals surface area contributed by atoms with Crippen molar-refractivity contribution in [3.05, 3.63) is 45.5 Å². The molecule has 182 valence electrons. The number of fused-ring (bicyclic) bond motifs is 2. The van der Waals surface area contributed by atoms with Gasteiger partial charge in [-0.2, -0.15) is 0 Å². The molecule has 2 aromatic carbocycles. The Morgan fingerprint density at radius 2 is 0.912 bits per heavy atom. The highest BCUT2D eigenvalue weighted by atomic mass is 16.3. The smallest absolute Gasteiger partial charge is 0.128 e. The normalized spacial score (nSPS) is 21.1. The minimum atomic E-state index is 0.439. The zero-order chi connectivity index (χ0) is 23.1. The van der Waals surface area contributed by atoms with E-state index in [4.69, 9.17) is 0 Å². The van der Waals surface area contributed by atoms with Gasteiger partial charge in [0, 0.05) is 35.3 Å². The number of aryl methyl sites for hydroxylation is 2. The first-order valence-corrected chi connectivity index (χ1v) is 13.9. The minimum Gasteiger partial charge on any atom is -0.507 e. The van der Waals surface area contributed by atoms with E-state index in [9.17, 15) is 10.2 Å². The molecule has 0 radical (unpaired) electrons. The summed E-state index contributed by atoms with van der Waals surface area (Å²) in [7, 11) is 0.